The minimum Gasteiger partial charge on any atom is -0.368 e. The van der Waals surface area contributed by atoms with Gasteiger partial charge in [0.25, 0.3) is 0 Å². The SMILES string of the molecule is CC(C(=O)Nc1ccc(S(=O)(=O)N2CCCCC2)cc1)n1c(N)nnc1SCc1ccccc1Cl. The Bertz CT molecular complexity index is 1290. The molecule has 1 aliphatic rings. The van der Waals surface area contributed by atoms with E-state index in [1.54, 1.807) is 23.6 Å². The van der Waals surface area contributed by atoms with Crippen molar-refractivity contribution in [3.8, 4) is 0 Å². The predicted molar refractivity (Wildman–Crippen MR) is 138 cm³/mol. The first kappa shape index (κ1) is 25.5. The lowest BCUT2D eigenvalue weighted by atomic mass is 10.2. The molecule has 0 bridgehead atoms. The summed E-state index contributed by atoms with van der Waals surface area (Å²) in [6.07, 6.45) is 2.79. The highest BCUT2D eigenvalue weighted by Gasteiger charge is 2.26. The Kier molecular flexibility index (Phi) is 8.00. The molecule has 3 N–H and O–H groups in total. The number of sulfonamides is 1. The molecule has 0 aliphatic carbocycles. The van der Waals surface area contributed by atoms with Gasteiger partial charge in [-0.05, 0) is 55.7 Å². The largest absolute Gasteiger partial charge is 0.368 e. The average molecular weight is 535 g/mol. The number of nitrogens with one attached hydrogen (secondary N) is 1. The third-order valence-corrected chi connectivity index (χ3v) is 9.12. The van der Waals surface area contributed by atoms with Crippen molar-refractivity contribution < 1.29 is 13.2 Å². The molecule has 0 saturated carbocycles. The molecule has 1 atom stereocenters. The number of hydrogen-bond donors (Lipinski definition) is 2. The number of nitrogens with two attached hydrogens (primary N) is 1. The molecule has 186 valence electrons. The molecule has 3 aromatic rings. The lowest BCUT2D eigenvalue weighted by Crippen LogP contribution is -2.35. The maximum Gasteiger partial charge on any atom is 0.247 e. The number of nitrogen functional groups attached to an aromatic ring is 1. The van der Waals surface area contributed by atoms with Crippen LogP contribution in [0.2, 0.25) is 5.02 Å². The summed E-state index contributed by atoms with van der Waals surface area (Å²) < 4.78 is 28.8. The summed E-state index contributed by atoms with van der Waals surface area (Å²) in [5, 5.41) is 12.0. The Hall–Kier alpha value is -2.60. The average Bonchev–Trinajstić information content (AvgIpc) is 3.24. The van der Waals surface area contributed by atoms with Gasteiger partial charge in [0, 0.05) is 29.6 Å². The number of amides is 1. The third-order valence-electron chi connectivity index (χ3n) is 5.85. The molecular weight excluding hydrogens is 508 g/mol. The van der Waals surface area contributed by atoms with E-state index in [1.165, 1.54) is 28.2 Å². The standard InChI is InChI=1S/C23H27ClN6O3S2/c1-16(30-22(25)27-28-23(30)34-15-17-7-3-4-8-20(17)24)21(31)26-18-9-11-19(12-10-18)35(32,33)29-13-5-2-6-14-29/h3-4,7-12,16H,2,5-6,13-15H2,1H3,(H2,25,27)(H,26,31). The van der Waals surface area contributed by atoms with Gasteiger partial charge in [-0.2, -0.15) is 4.31 Å². The van der Waals surface area contributed by atoms with E-state index in [-0.39, 0.29) is 16.8 Å². The fraction of sp³-hybridized carbons (Fsp3) is 0.348. The van der Waals surface area contributed by atoms with Crippen molar-refractivity contribution in [2.24, 2.45) is 0 Å². The molecule has 0 radical (unpaired) electrons. The number of piperidine rings is 1. The first-order valence-electron chi connectivity index (χ1n) is 11.2. The number of rotatable bonds is 8. The summed E-state index contributed by atoms with van der Waals surface area (Å²) in [5.41, 5.74) is 7.43. The van der Waals surface area contributed by atoms with Crippen LogP contribution >= 0.6 is 23.4 Å². The molecule has 12 heteroatoms. The highest BCUT2D eigenvalue weighted by molar-refractivity contribution is 7.98. The summed E-state index contributed by atoms with van der Waals surface area (Å²) >= 11 is 7.62. The highest BCUT2D eigenvalue weighted by Crippen LogP contribution is 2.29. The molecule has 2 aromatic carbocycles. The number of carbonyl (C=O) groups is 1. The van der Waals surface area contributed by atoms with Crippen LogP contribution in [-0.4, -0.2) is 46.5 Å². The fourth-order valence-electron chi connectivity index (χ4n) is 3.84. The zero-order chi connectivity index (χ0) is 25.0. The maximum atomic E-state index is 13.0. The number of benzene rings is 2. The second-order valence-corrected chi connectivity index (χ2v) is 11.5. The quantitative estimate of drug-likeness (QED) is 0.415. The Morgan fingerprint density at radius 2 is 1.80 bits per heavy atom. The second-order valence-electron chi connectivity index (χ2n) is 8.25. The van der Waals surface area contributed by atoms with Crippen LogP contribution in [0.15, 0.2) is 58.6 Å². The Morgan fingerprint density at radius 3 is 2.49 bits per heavy atom. The Labute approximate surface area is 214 Å². The number of anilines is 2. The zero-order valence-corrected chi connectivity index (χ0v) is 21.6. The van der Waals surface area contributed by atoms with E-state index in [0.717, 1.165) is 24.8 Å². The number of nitrogens with zero attached hydrogens (tertiary/aromatic N) is 4. The van der Waals surface area contributed by atoms with Gasteiger partial charge in [0.05, 0.1) is 4.90 Å². The van der Waals surface area contributed by atoms with Gasteiger partial charge in [-0.3, -0.25) is 9.36 Å². The highest BCUT2D eigenvalue weighted by atomic mass is 35.5. The van der Waals surface area contributed by atoms with Crippen LogP contribution in [0, 0.1) is 0 Å². The normalized spacial score (nSPS) is 15.6. The summed E-state index contributed by atoms with van der Waals surface area (Å²) in [6.45, 7) is 2.77. The van der Waals surface area contributed by atoms with Crippen molar-refractivity contribution in [2.45, 2.75) is 48.0 Å². The number of carbonyl (C=O) groups excluding carboxylic acids is 1. The van der Waals surface area contributed by atoms with Crippen LogP contribution in [0.25, 0.3) is 0 Å². The molecule has 1 unspecified atom stereocenters. The number of aromatic nitrogens is 3. The Balaban J connectivity index is 1.43. The fourth-order valence-corrected chi connectivity index (χ4v) is 6.66. The second kappa shape index (κ2) is 11.0. The van der Waals surface area contributed by atoms with Gasteiger partial charge in [-0.1, -0.05) is 48.0 Å². The van der Waals surface area contributed by atoms with Crippen LogP contribution in [0.4, 0.5) is 11.6 Å². The minimum atomic E-state index is -3.53. The first-order chi connectivity index (χ1) is 16.8. The number of hydrogen-bond acceptors (Lipinski definition) is 7. The van der Waals surface area contributed by atoms with Crippen LogP contribution in [-0.2, 0) is 20.6 Å². The van der Waals surface area contributed by atoms with Gasteiger partial charge in [0.1, 0.15) is 6.04 Å². The smallest absolute Gasteiger partial charge is 0.247 e. The molecule has 9 nitrogen and oxygen atoms in total. The molecule has 0 spiro atoms. The van der Waals surface area contributed by atoms with Crippen molar-refractivity contribution in [1.29, 1.82) is 0 Å². The maximum absolute atomic E-state index is 13.0. The van der Waals surface area contributed by atoms with Crippen molar-refractivity contribution in [3.05, 3.63) is 59.1 Å². The van der Waals surface area contributed by atoms with Gasteiger partial charge in [0.2, 0.25) is 21.9 Å². The summed E-state index contributed by atoms with van der Waals surface area (Å²) in [5.74, 6) is 0.332. The summed E-state index contributed by atoms with van der Waals surface area (Å²) in [7, 11) is -3.53. The topological polar surface area (TPSA) is 123 Å². The van der Waals surface area contributed by atoms with Crippen molar-refractivity contribution >= 4 is 50.9 Å². The van der Waals surface area contributed by atoms with E-state index >= 15 is 0 Å². The van der Waals surface area contributed by atoms with Crippen LogP contribution in [0.1, 0.15) is 37.8 Å². The molecule has 4 rings (SSSR count). The predicted octanol–water partition coefficient (Wildman–Crippen LogP) is 4.18. The minimum absolute atomic E-state index is 0.122. The third kappa shape index (κ3) is 5.80. The first-order valence-corrected chi connectivity index (χ1v) is 14.1. The van der Waals surface area contributed by atoms with E-state index in [2.05, 4.69) is 15.5 Å². The van der Waals surface area contributed by atoms with Crippen molar-refractivity contribution in [3.63, 3.8) is 0 Å². The molecule has 2 heterocycles. The summed E-state index contributed by atoms with van der Waals surface area (Å²) in [6, 6.07) is 13.0. The van der Waals surface area contributed by atoms with E-state index in [1.807, 2.05) is 24.3 Å². The van der Waals surface area contributed by atoms with E-state index < -0.39 is 16.1 Å². The molecule has 1 aliphatic heterocycles. The summed E-state index contributed by atoms with van der Waals surface area (Å²) in [4.78, 5) is 13.2. The Morgan fingerprint density at radius 1 is 1.11 bits per heavy atom. The van der Waals surface area contributed by atoms with E-state index in [0.29, 0.717) is 34.7 Å². The number of halogens is 1. The van der Waals surface area contributed by atoms with Gasteiger partial charge in [-0.25, -0.2) is 8.42 Å². The van der Waals surface area contributed by atoms with Crippen LogP contribution in [0.3, 0.4) is 0 Å². The molecular formula is C23H27ClN6O3S2. The lowest BCUT2D eigenvalue weighted by molar-refractivity contribution is -0.118. The monoisotopic (exact) mass is 534 g/mol. The van der Waals surface area contributed by atoms with Crippen molar-refractivity contribution in [2.75, 3.05) is 24.1 Å². The van der Waals surface area contributed by atoms with Gasteiger partial charge < -0.3 is 11.1 Å². The molecule has 1 amide bonds. The molecule has 1 aromatic heterocycles. The molecule has 1 saturated heterocycles. The van der Waals surface area contributed by atoms with E-state index in [9.17, 15) is 13.2 Å². The number of thioether (sulfide) groups is 1. The van der Waals surface area contributed by atoms with Crippen LogP contribution in [0.5, 0.6) is 0 Å². The van der Waals surface area contributed by atoms with Gasteiger partial charge in [-0.15, -0.1) is 10.2 Å². The van der Waals surface area contributed by atoms with Crippen LogP contribution < -0.4 is 11.1 Å². The van der Waals surface area contributed by atoms with Crippen molar-refractivity contribution in [1.82, 2.24) is 19.1 Å². The molecule has 35 heavy (non-hydrogen) atoms. The molecule has 1 fully saturated rings. The zero-order valence-electron chi connectivity index (χ0n) is 19.2. The van der Waals surface area contributed by atoms with E-state index in [4.69, 9.17) is 17.3 Å². The lowest BCUT2D eigenvalue weighted by Gasteiger charge is -2.25. The van der Waals surface area contributed by atoms with Gasteiger partial charge in [0.15, 0.2) is 5.16 Å². The van der Waals surface area contributed by atoms with Gasteiger partial charge >= 0.3 is 0 Å².